The second-order valence-corrected chi connectivity index (χ2v) is 5.76. The first-order valence-corrected chi connectivity index (χ1v) is 7.76. The van der Waals surface area contributed by atoms with Gasteiger partial charge in [0.15, 0.2) is 0 Å². The van der Waals surface area contributed by atoms with E-state index in [-0.39, 0.29) is 12.6 Å². The van der Waals surface area contributed by atoms with E-state index in [1.807, 2.05) is 0 Å². The van der Waals surface area contributed by atoms with Crippen molar-refractivity contribution in [2.75, 3.05) is 11.9 Å². The van der Waals surface area contributed by atoms with E-state index in [0.29, 0.717) is 17.3 Å². The third-order valence-electron chi connectivity index (χ3n) is 3.72. The number of anilines is 1. The summed E-state index contributed by atoms with van der Waals surface area (Å²) in [5.74, 6) is -0.385. The predicted molar refractivity (Wildman–Crippen MR) is 86.8 cm³/mol. The molecule has 1 aromatic heterocycles. The van der Waals surface area contributed by atoms with E-state index in [1.54, 1.807) is 12.4 Å². The van der Waals surface area contributed by atoms with E-state index in [0.717, 1.165) is 17.7 Å². The minimum atomic E-state index is -2.89. The Hall–Kier alpha value is -2.77. The first-order chi connectivity index (χ1) is 12.0. The molecule has 0 bridgehead atoms. The number of nitrogens with two attached hydrogens (primary N) is 1. The van der Waals surface area contributed by atoms with Crippen molar-refractivity contribution < 1.29 is 17.9 Å². The van der Waals surface area contributed by atoms with Crippen LogP contribution in [0.4, 0.5) is 18.9 Å². The summed E-state index contributed by atoms with van der Waals surface area (Å²) in [4.78, 5) is 8.22. The number of hydrogen-bond acceptors (Lipinski definition) is 5. The smallest absolute Gasteiger partial charge is 0.316 e. The molecule has 1 aliphatic carbocycles. The molecule has 0 radical (unpaired) electrons. The largest absolute Gasteiger partial charge is 0.457 e. The fourth-order valence-corrected chi connectivity index (χ4v) is 2.19. The summed E-state index contributed by atoms with van der Waals surface area (Å²) >= 11 is 0. The molecule has 0 unspecified atom stereocenters. The number of benzene rings is 1. The number of ether oxygens (including phenoxy) is 1. The average Bonchev–Trinajstić information content (AvgIpc) is 3.44. The van der Waals surface area contributed by atoms with Gasteiger partial charge in [-0.2, -0.15) is 0 Å². The van der Waals surface area contributed by atoms with Crippen LogP contribution in [0.5, 0.6) is 6.01 Å². The number of rotatable bonds is 7. The van der Waals surface area contributed by atoms with Crippen LogP contribution in [0.3, 0.4) is 0 Å². The third kappa shape index (κ3) is 4.62. The highest BCUT2D eigenvalue weighted by Crippen LogP contribution is 2.39. The Balaban J connectivity index is 1.54. The van der Waals surface area contributed by atoms with Crippen molar-refractivity contribution in [1.82, 2.24) is 9.97 Å². The lowest BCUT2D eigenvalue weighted by atomic mass is 10.2. The summed E-state index contributed by atoms with van der Waals surface area (Å²) in [5.41, 5.74) is 6.81. The Morgan fingerprint density at radius 2 is 2.04 bits per heavy atom. The molecule has 1 heterocycles. The predicted octanol–water partition coefficient (Wildman–Crippen LogP) is 3.72. The van der Waals surface area contributed by atoms with Crippen LogP contribution in [0.2, 0.25) is 0 Å². The fourth-order valence-electron chi connectivity index (χ4n) is 2.19. The van der Waals surface area contributed by atoms with Gasteiger partial charge in [0.25, 0.3) is 6.43 Å². The number of aromatic nitrogens is 2. The number of halogens is 3. The van der Waals surface area contributed by atoms with Crippen LogP contribution >= 0.6 is 0 Å². The van der Waals surface area contributed by atoms with Gasteiger partial charge in [0, 0.05) is 24.3 Å². The van der Waals surface area contributed by atoms with Crippen LogP contribution in [0.1, 0.15) is 36.3 Å². The topological polar surface area (TPSA) is 73.1 Å². The van der Waals surface area contributed by atoms with Crippen molar-refractivity contribution in [2.45, 2.75) is 25.2 Å². The first-order valence-electron chi connectivity index (χ1n) is 7.76. The second-order valence-electron chi connectivity index (χ2n) is 5.76. The summed E-state index contributed by atoms with van der Waals surface area (Å²) in [5, 5.41) is 2.73. The van der Waals surface area contributed by atoms with Gasteiger partial charge < -0.3 is 15.8 Å². The molecule has 1 fully saturated rings. The molecule has 0 saturated heterocycles. The van der Waals surface area contributed by atoms with E-state index in [9.17, 15) is 13.2 Å². The molecule has 8 heteroatoms. The standard InChI is InChI=1S/C17H17F3N4O/c18-15-4-3-13(5-14(15)16(19)20)22-8-12(21)9-25-17-23-6-11(7-24-17)10-1-2-10/h3-8,10,16,22H,1-2,9,21H2/b12-8-. The summed E-state index contributed by atoms with van der Waals surface area (Å²) in [7, 11) is 0. The average molecular weight is 350 g/mol. The monoisotopic (exact) mass is 350 g/mol. The molecular formula is C17H17F3N4O. The fraction of sp³-hybridized carbons (Fsp3) is 0.294. The van der Waals surface area contributed by atoms with Crippen molar-refractivity contribution in [2.24, 2.45) is 5.73 Å². The Morgan fingerprint density at radius 3 is 2.68 bits per heavy atom. The summed E-state index contributed by atoms with van der Waals surface area (Å²) in [6.45, 7) is 0.0265. The van der Waals surface area contributed by atoms with E-state index >= 15 is 0 Å². The number of nitrogens with one attached hydrogen (secondary N) is 1. The molecule has 0 atom stereocenters. The summed E-state index contributed by atoms with van der Waals surface area (Å²) in [6.07, 6.45) is 4.32. The van der Waals surface area contributed by atoms with Crippen LogP contribution in [0, 0.1) is 5.82 Å². The molecule has 3 N–H and O–H groups in total. The van der Waals surface area contributed by atoms with Gasteiger partial charge in [0.05, 0.1) is 11.3 Å². The summed E-state index contributed by atoms with van der Waals surface area (Å²) < 4.78 is 43.9. The van der Waals surface area contributed by atoms with E-state index < -0.39 is 17.8 Å². The minimum Gasteiger partial charge on any atom is -0.457 e. The van der Waals surface area contributed by atoms with E-state index in [1.165, 1.54) is 25.1 Å². The minimum absolute atomic E-state index is 0.0265. The normalized spacial score (nSPS) is 14.6. The van der Waals surface area contributed by atoms with Crippen LogP contribution in [0.25, 0.3) is 0 Å². The Kier molecular flexibility index (Phi) is 5.06. The van der Waals surface area contributed by atoms with Crippen LogP contribution in [-0.4, -0.2) is 16.6 Å². The Bertz CT molecular complexity index is 761. The van der Waals surface area contributed by atoms with Crippen LogP contribution in [-0.2, 0) is 0 Å². The lowest BCUT2D eigenvalue weighted by Gasteiger charge is -2.08. The lowest BCUT2D eigenvalue weighted by Crippen LogP contribution is -2.12. The van der Waals surface area contributed by atoms with Crippen LogP contribution < -0.4 is 15.8 Å². The number of hydrogen-bond donors (Lipinski definition) is 2. The highest BCUT2D eigenvalue weighted by Gasteiger charge is 2.24. The molecule has 1 saturated carbocycles. The summed E-state index contributed by atoms with van der Waals surface area (Å²) in [6, 6.07) is 3.55. The molecular weight excluding hydrogens is 333 g/mol. The number of nitrogens with zero attached hydrogens (tertiary/aromatic N) is 2. The molecule has 5 nitrogen and oxygen atoms in total. The zero-order valence-electron chi connectivity index (χ0n) is 13.3. The van der Waals surface area contributed by atoms with Crippen molar-refractivity contribution >= 4 is 5.69 Å². The molecule has 25 heavy (non-hydrogen) atoms. The quantitative estimate of drug-likeness (QED) is 0.796. The zero-order valence-corrected chi connectivity index (χ0v) is 13.3. The van der Waals surface area contributed by atoms with Gasteiger partial charge in [-0.3, -0.25) is 0 Å². The molecule has 1 aliphatic rings. The van der Waals surface area contributed by atoms with Gasteiger partial charge in [-0.1, -0.05) is 0 Å². The maximum Gasteiger partial charge on any atom is 0.316 e. The second kappa shape index (κ2) is 7.42. The highest BCUT2D eigenvalue weighted by molar-refractivity contribution is 5.49. The zero-order chi connectivity index (χ0) is 17.8. The third-order valence-corrected chi connectivity index (χ3v) is 3.72. The van der Waals surface area contributed by atoms with Crippen molar-refractivity contribution in [3.63, 3.8) is 0 Å². The van der Waals surface area contributed by atoms with Gasteiger partial charge in [-0.25, -0.2) is 23.1 Å². The Morgan fingerprint density at radius 1 is 1.32 bits per heavy atom. The van der Waals surface area contributed by atoms with Crippen LogP contribution in [0.15, 0.2) is 42.5 Å². The van der Waals surface area contributed by atoms with Crippen molar-refractivity contribution in [3.05, 3.63) is 59.4 Å². The SMILES string of the molecule is N/C(=C\Nc1ccc(F)c(C(F)F)c1)COc1ncc(C2CC2)cn1. The molecule has 3 rings (SSSR count). The van der Waals surface area contributed by atoms with Gasteiger partial charge in [0.2, 0.25) is 0 Å². The van der Waals surface area contributed by atoms with Gasteiger partial charge in [-0.05, 0) is 42.5 Å². The van der Waals surface area contributed by atoms with Crippen molar-refractivity contribution in [3.8, 4) is 6.01 Å². The van der Waals surface area contributed by atoms with Crippen molar-refractivity contribution in [1.29, 1.82) is 0 Å². The van der Waals surface area contributed by atoms with E-state index in [4.69, 9.17) is 10.5 Å². The molecule has 132 valence electrons. The molecule has 2 aromatic rings. The van der Waals surface area contributed by atoms with Gasteiger partial charge >= 0.3 is 6.01 Å². The number of alkyl halides is 2. The maximum atomic E-state index is 13.2. The van der Waals surface area contributed by atoms with Gasteiger partial charge in [-0.15, -0.1) is 0 Å². The Labute approximate surface area is 142 Å². The van der Waals surface area contributed by atoms with Gasteiger partial charge in [0.1, 0.15) is 12.4 Å². The van der Waals surface area contributed by atoms with E-state index in [2.05, 4.69) is 15.3 Å². The highest BCUT2D eigenvalue weighted by atomic mass is 19.3. The first kappa shape index (κ1) is 17.1. The molecule has 0 spiro atoms. The molecule has 1 aromatic carbocycles. The molecule has 0 amide bonds. The lowest BCUT2D eigenvalue weighted by molar-refractivity contribution is 0.146. The maximum absolute atomic E-state index is 13.2. The molecule has 0 aliphatic heterocycles.